The minimum Gasteiger partial charge on any atom is -0.352 e. The van der Waals surface area contributed by atoms with E-state index in [0.717, 1.165) is 26.1 Å². The standard InChI is InChI=1S/C14H18ClFN2O/c15-11-4-5-13(16)12(10-11)14(19)17-6-3-9-18-7-1-2-8-18/h4-5,10H,1-3,6-9H2,(H,17,19). The maximum Gasteiger partial charge on any atom is 0.254 e. The van der Waals surface area contributed by atoms with Gasteiger partial charge < -0.3 is 10.2 Å². The van der Waals surface area contributed by atoms with Gasteiger partial charge in [-0.1, -0.05) is 11.6 Å². The lowest BCUT2D eigenvalue weighted by Gasteiger charge is -2.14. The smallest absolute Gasteiger partial charge is 0.254 e. The summed E-state index contributed by atoms with van der Waals surface area (Å²) in [6, 6.07) is 4.00. The van der Waals surface area contributed by atoms with E-state index in [9.17, 15) is 9.18 Å². The summed E-state index contributed by atoms with van der Waals surface area (Å²) >= 11 is 5.75. The number of carbonyl (C=O) groups excluding carboxylic acids is 1. The zero-order valence-electron chi connectivity index (χ0n) is 10.8. The molecule has 1 aromatic carbocycles. The number of hydrogen-bond acceptors (Lipinski definition) is 2. The molecule has 2 rings (SSSR count). The highest BCUT2D eigenvalue weighted by molar-refractivity contribution is 6.30. The normalized spacial score (nSPS) is 15.7. The molecule has 1 N–H and O–H groups in total. The number of benzene rings is 1. The third-order valence-corrected chi connectivity index (χ3v) is 3.54. The predicted octanol–water partition coefficient (Wildman–Crippen LogP) is 2.69. The predicted molar refractivity (Wildman–Crippen MR) is 74.0 cm³/mol. The van der Waals surface area contributed by atoms with E-state index in [1.54, 1.807) is 0 Å². The van der Waals surface area contributed by atoms with Crippen LogP contribution in [-0.2, 0) is 0 Å². The number of nitrogens with one attached hydrogen (secondary N) is 1. The van der Waals surface area contributed by atoms with Crippen molar-refractivity contribution in [1.82, 2.24) is 10.2 Å². The van der Waals surface area contributed by atoms with Gasteiger partial charge in [0.2, 0.25) is 0 Å². The second kappa shape index (κ2) is 6.87. The van der Waals surface area contributed by atoms with E-state index in [-0.39, 0.29) is 5.56 Å². The SMILES string of the molecule is O=C(NCCCN1CCCC1)c1cc(Cl)ccc1F. The van der Waals surface area contributed by atoms with E-state index >= 15 is 0 Å². The Bertz CT molecular complexity index is 447. The van der Waals surface area contributed by atoms with Gasteiger partial charge in [-0.25, -0.2) is 4.39 Å². The topological polar surface area (TPSA) is 32.3 Å². The Morgan fingerprint density at radius 2 is 2.11 bits per heavy atom. The summed E-state index contributed by atoms with van der Waals surface area (Å²) in [5.74, 6) is -0.942. The monoisotopic (exact) mass is 284 g/mol. The van der Waals surface area contributed by atoms with Crippen molar-refractivity contribution in [2.24, 2.45) is 0 Å². The van der Waals surface area contributed by atoms with Crippen LogP contribution in [0.5, 0.6) is 0 Å². The second-order valence-corrected chi connectivity index (χ2v) is 5.22. The maximum atomic E-state index is 13.4. The van der Waals surface area contributed by atoms with E-state index in [1.807, 2.05) is 0 Å². The van der Waals surface area contributed by atoms with Gasteiger partial charge in [-0.15, -0.1) is 0 Å². The summed E-state index contributed by atoms with van der Waals surface area (Å²) in [7, 11) is 0. The minimum atomic E-state index is -0.540. The Balaban J connectivity index is 1.75. The van der Waals surface area contributed by atoms with Crippen molar-refractivity contribution < 1.29 is 9.18 Å². The third kappa shape index (κ3) is 4.18. The molecule has 0 aliphatic carbocycles. The van der Waals surface area contributed by atoms with Gasteiger partial charge in [-0.05, 0) is 57.1 Å². The number of amides is 1. The number of rotatable bonds is 5. The summed E-state index contributed by atoms with van der Waals surface area (Å²) in [6.45, 7) is 3.84. The summed E-state index contributed by atoms with van der Waals surface area (Å²) in [5.41, 5.74) is 0.00803. The summed E-state index contributed by atoms with van der Waals surface area (Å²) < 4.78 is 13.4. The molecule has 0 atom stereocenters. The van der Waals surface area contributed by atoms with Crippen molar-refractivity contribution in [3.8, 4) is 0 Å². The lowest BCUT2D eigenvalue weighted by atomic mass is 10.2. The molecule has 1 amide bonds. The van der Waals surface area contributed by atoms with Crippen LogP contribution in [0.4, 0.5) is 4.39 Å². The van der Waals surface area contributed by atoms with Crippen LogP contribution in [-0.4, -0.2) is 37.0 Å². The number of hydrogen-bond donors (Lipinski definition) is 1. The molecule has 0 spiro atoms. The van der Waals surface area contributed by atoms with Crippen LogP contribution >= 0.6 is 11.6 Å². The van der Waals surface area contributed by atoms with Gasteiger partial charge in [-0.3, -0.25) is 4.79 Å². The molecule has 0 aromatic heterocycles. The molecule has 1 heterocycles. The van der Waals surface area contributed by atoms with Gasteiger partial charge in [0.15, 0.2) is 0 Å². The number of nitrogens with zero attached hydrogens (tertiary/aromatic N) is 1. The quantitative estimate of drug-likeness (QED) is 0.843. The molecule has 1 aliphatic heterocycles. The van der Waals surface area contributed by atoms with Crippen molar-refractivity contribution in [2.75, 3.05) is 26.2 Å². The lowest BCUT2D eigenvalue weighted by molar-refractivity contribution is 0.0948. The van der Waals surface area contributed by atoms with E-state index < -0.39 is 11.7 Å². The summed E-state index contributed by atoms with van der Waals surface area (Å²) in [4.78, 5) is 14.2. The first-order valence-electron chi connectivity index (χ1n) is 6.62. The molecular weight excluding hydrogens is 267 g/mol. The summed E-state index contributed by atoms with van der Waals surface area (Å²) in [6.07, 6.45) is 3.41. The molecule has 5 heteroatoms. The number of likely N-dealkylation sites (tertiary alicyclic amines) is 1. The van der Waals surface area contributed by atoms with Crippen LogP contribution in [0.25, 0.3) is 0 Å². The molecule has 1 saturated heterocycles. The molecular formula is C14H18ClFN2O. The van der Waals surface area contributed by atoms with E-state index in [2.05, 4.69) is 10.2 Å². The Hall–Kier alpha value is -1.13. The average molecular weight is 285 g/mol. The first-order valence-corrected chi connectivity index (χ1v) is 7.00. The van der Waals surface area contributed by atoms with Gasteiger partial charge in [0, 0.05) is 11.6 Å². The Kier molecular flexibility index (Phi) is 5.16. The van der Waals surface area contributed by atoms with Crippen molar-refractivity contribution in [3.05, 3.63) is 34.6 Å². The highest BCUT2D eigenvalue weighted by Crippen LogP contribution is 2.14. The molecule has 1 aromatic rings. The molecule has 3 nitrogen and oxygen atoms in total. The fraction of sp³-hybridized carbons (Fsp3) is 0.500. The molecule has 0 radical (unpaired) electrons. The van der Waals surface area contributed by atoms with Gasteiger partial charge in [0.05, 0.1) is 5.56 Å². The average Bonchev–Trinajstić information content (AvgIpc) is 2.90. The van der Waals surface area contributed by atoms with Gasteiger partial charge in [0.1, 0.15) is 5.82 Å². The number of carbonyl (C=O) groups is 1. The van der Waals surface area contributed by atoms with E-state index in [1.165, 1.54) is 31.0 Å². The molecule has 1 aliphatic rings. The van der Waals surface area contributed by atoms with Crippen molar-refractivity contribution in [1.29, 1.82) is 0 Å². The van der Waals surface area contributed by atoms with Crippen molar-refractivity contribution in [2.45, 2.75) is 19.3 Å². The molecule has 0 bridgehead atoms. The van der Waals surface area contributed by atoms with Crippen LogP contribution in [0.3, 0.4) is 0 Å². The molecule has 1 fully saturated rings. The maximum absolute atomic E-state index is 13.4. The van der Waals surface area contributed by atoms with Crippen LogP contribution in [0.15, 0.2) is 18.2 Å². The van der Waals surface area contributed by atoms with Crippen LogP contribution < -0.4 is 5.32 Å². The fourth-order valence-electron chi connectivity index (χ4n) is 2.28. The lowest BCUT2D eigenvalue weighted by Crippen LogP contribution is -2.29. The third-order valence-electron chi connectivity index (χ3n) is 3.31. The van der Waals surface area contributed by atoms with Gasteiger partial charge >= 0.3 is 0 Å². The molecule has 104 valence electrons. The Morgan fingerprint density at radius 1 is 1.37 bits per heavy atom. The van der Waals surface area contributed by atoms with E-state index in [4.69, 9.17) is 11.6 Å². The largest absolute Gasteiger partial charge is 0.352 e. The fourth-order valence-corrected chi connectivity index (χ4v) is 2.45. The Morgan fingerprint density at radius 3 is 2.84 bits per heavy atom. The first kappa shape index (κ1) is 14.3. The van der Waals surface area contributed by atoms with Crippen LogP contribution in [0.1, 0.15) is 29.6 Å². The van der Waals surface area contributed by atoms with Crippen molar-refractivity contribution >= 4 is 17.5 Å². The first-order chi connectivity index (χ1) is 9.16. The molecule has 0 unspecified atom stereocenters. The molecule has 0 saturated carbocycles. The zero-order valence-corrected chi connectivity index (χ0v) is 11.5. The van der Waals surface area contributed by atoms with E-state index in [0.29, 0.717) is 11.6 Å². The van der Waals surface area contributed by atoms with Crippen LogP contribution in [0.2, 0.25) is 5.02 Å². The highest BCUT2D eigenvalue weighted by atomic mass is 35.5. The van der Waals surface area contributed by atoms with Crippen molar-refractivity contribution in [3.63, 3.8) is 0 Å². The van der Waals surface area contributed by atoms with Crippen LogP contribution in [0, 0.1) is 5.82 Å². The summed E-state index contributed by atoms with van der Waals surface area (Å²) in [5, 5.41) is 3.09. The Labute approximate surface area is 117 Å². The van der Waals surface area contributed by atoms with Gasteiger partial charge in [-0.2, -0.15) is 0 Å². The minimum absolute atomic E-state index is 0.00803. The van der Waals surface area contributed by atoms with Gasteiger partial charge in [0.25, 0.3) is 5.91 Å². The number of halogens is 2. The zero-order chi connectivity index (χ0) is 13.7. The second-order valence-electron chi connectivity index (χ2n) is 4.78. The molecule has 19 heavy (non-hydrogen) atoms. The highest BCUT2D eigenvalue weighted by Gasteiger charge is 2.13.